The number of aryl methyl sites for hydroxylation is 1. The monoisotopic (exact) mass is 283 g/mol. The van der Waals surface area contributed by atoms with Crippen molar-refractivity contribution in [3.63, 3.8) is 0 Å². The molecule has 9 nitrogen and oxygen atoms in total. The van der Waals surface area contributed by atoms with Crippen LogP contribution in [0.3, 0.4) is 0 Å². The maximum absolute atomic E-state index is 5.91. The summed E-state index contributed by atoms with van der Waals surface area (Å²) in [6.07, 6.45) is 1.54. The Kier molecular flexibility index (Phi) is 2.28. The second-order valence-corrected chi connectivity index (χ2v) is 4.40. The van der Waals surface area contributed by atoms with Crippen LogP contribution in [-0.4, -0.2) is 29.9 Å². The minimum atomic E-state index is 0.196. The summed E-state index contributed by atoms with van der Waals surface area (Å²) < 4.78 is 11.5. The number of nitrogens with zero attached hydrogens (tertiary/aromatic N) is 6. The summed E-state index contributed by atoms with van der Waals surface area (Å²) >= 11 is 0. The number of aromatic nitrogens is 6. The van der Waals surface area contributed by atoms with Gasteiger partial charge in [-0.2, -0.15) is 14.6 Å². The van der Waals surface area contributed by atoms with Crippen LogP contribution in [0.2, 0.25) is 0 Å². The Bertz CT molecular complexity index is 923. The lowest BCUT2D eigenvalue weighted by molar-refractivity contribution is 0.399. The van der Waals surface area contributed by atoms with Gasteiger partial charge in [0.2, 0.25) is 5.95 Å². The van der Waals surface area contributed by atoms with E-state index in [1.807, 2.05) is 0 Å². The zero-order valence-corrected chi connectivity index (χ0v) is 10.9. The van der Waals surface area contributed by atoms with Gasteiger partial charge in [0.25, 0.3) is 0 Å². The van der Waals surface area contributed by atoms with Crippen molar-refractivity contribution in [1.29, 1.82) is 0 Å². The number of hydrogen-bond donors (Lipinski definition) is 1. The van der Waals surface area contributed by atoms with E-state index in [1.165, 1.54) is 10.7 Å². The first-order chi connectivity index (χ1) is 10.2. The van der Waals surface area contributed by atoms with Crippen molar-refractivity contribution in [2.24, 2.45) is 0 Å². The number of nitrogen functional groups attached to an aromatic ring is 1. The number of nitrogens with two attached hydrogens (primary N) is 1. The maximum atomic E-state index is 5.91. The number of fused-ring (bicyclic) bond motifs is 1. The van der Waals surface area contributed by atoms with E-state index in [2.05, 4.69) is 25.4 Å². The van der Waals surface area contributed by atoms with Gasteiger partial charge in [0.15, 0.2) is 22.9 Å². The average molecular weight is 283 g/mol. The van der Waals surface area contributed by atoms with E-state index in [1.54, 1.807) is 25.1 Å². The van der Waals surface area contributed by atoms with Gasteiger partial charge in [-0.25, -0.2) is 4.98 Å². The molecule has 0 aromatic carbocycles. The fourth-order valence-electron chi connectivity index (χ4n) is 1.96. The normalized spacial score (nSPS) is 11.3. The summed E-state index contributed by atoms with van der Waals surface area (Å²) in [7, 11) is 0. The van der Waals surface area contributed by atoms with Gasteiger partial charge < -0.3 is 14.8 Å². The Morgan fingerprint density at radius 3 is 2.76 bits per heavy atom. The molecule has 0 radical (unpaired) electrons. The van der Waals surface area contributed by atoms with Crippen LogP contribution in [0.1, 0.15) is 5.76 Å². The van der Waals surface area contributed by atoms with Crippen LogP contribution in [0.5, 0.6) is 0 Å². The Labute approximate surface area is 117 Å². The van der Waals surface area contributed by atoms with E-state index in [9.17, 15) is 0 Å². The Balaban J connectivity index is 1.89. The predicted octanol–water partition coefficient (Wildman–Crippen LogP) is 1.32. The van der Waals surface area contributed by atoms with Crippen molar-refractivity contribution in [1.82, 2.24) is 29.9 Å². The number of rotatable bonds is 2. The average Bonchev–Trinajstić information content (AvgIpc) is 3.17. The molecule has 4 rings (SSSR count). The highest BCUT2D eigenvalue weighted by atomic mass is 16.5. The van der Waals surface area contributed by atoms with E-state index in [4.69, 9.17) is 14.8 Å². The van der Waals surface area contributed by atoms with E-state index < -0.39 is 0 Å². The Morgan fingerprint density at radius 2 is 2.05 bits per heavy atom. The molecule has 0 saturated heterocycles. The van der Waals surface area contributed by atoms with Gasteiger partial charge in [0.1, 0.15) is 11.5 Å². The lowest BCUT2D eigenvalue weighted by Gasteiger charge is -1.99. The molecule has 2 N–H and O–H groups in total. The summed E-state index contributed by atoms with van der Waals surface area (Å²) in [5, 5.41) is 11.8. The minimum absolute atomic E-state index is 0.196. The third-order valence-corrected chi connectivity index (χ3v) is 2.90. The lowest BCUT2D eigenvalue weighted by Crippen LogP contribution is -2.05. The first kappa shape index (κ1) is 11.6. The quantitative estimate of drug-likeness (QED) is 0.584. The summed E-state index contributed by atoms with van der Waals surface area (Å²) in [5.74, 6) is 1.77. The fourth-order valence-corrected chi connectivity index (χ4v) is 1.96. The molecule has 0 bridgehead atoms. The highest BCUT2D eigenvalue weighted by molar-refractivity contribution is 5.62. The minimum Gasteiger partial charge on any atom is -0.368 e. The lowest BCUT2D eigenvalue weighted by atomic mass is 10.3. The molecular formula is C12H9N7O2. The van der Waals surface area contributed by atoms with Gasteiger partial charge in [-0.15, -0.1) is 0 Å². The topological polar surface area (TPSA) is 121 Å². The van der Waals surface area contributed by atoms with Crippen LogP contribution in [0.25, 0.3) is 28.6 Å². The SMILES string of the molecule is Cc1cc(-c2nc(N)n3nc(-c4ccno4)cc3n2)no1. The Hall–Kier alpha value is -3.23. The second-order valence-electron chi connectivity index (χ2n) is 4.40. The molecule has 0 saturated carbocycles. The van der Waals surface area contributed by atoms with E-state index in [-0.39, 0.29) is 5.95 Å². The largest absolute Gasteiger partial charge is 0.368 e. The first-order valence-corrected chi connectivity index (χ1v) is 6.09. The Morgan fingerprint density at radius 1 is 1.14 bits per heavy atom. The standard InChI is InChI=1S/C12H9N7O2/c1-6-4-8(18-20-6)11-15-10-5-7(9-2-3-14-21-9)17-19(10)12(13)16-11/h2-5H,1H3,(H2,13,15,16). The molecule has 0 aliphatic rings. The van der Waals surface area contributed by atoms with Crippen LogP contribution < -0.4 is 5.73 Å². The zero-order chi connectivity index (χ0) is 14.4. The van der Waals surface area contributed by atoms with Crippen molar-refractivity contribution in [2.75, 3.05) is 5.73 Å². The van der Waals surface area contributed by atoms with Crippen LogP contribution in [-0.2, 0) is 0 Å². The molecule has 4 aromatic heterocycles. The molecule has 0 spiro atoms. The van der Waals surface area contributed by atoms with Crippen molar-refractivity contribution < 1.29 is 9.05 Å². The van der Waals surface area contributed by atoms with Crippen molar-refractivity contribution in [3.05, 3.63) is 30.2 Å². The molecular weight excluding hydrogens is 274 g/mol. The highest BCUT2D eigenvalue weighted by Crippen LogP contribution is 2.22. The van der Waals surface area contributed by atoms with Gasteiger partial charge in [-0.05, 0) is 6.92 Å². The third-order valence-electron chi connectivity index (χ3n) is 2.90. The third kappa shape index (κ3) is 1.83. The summed E-state index contributed by atoms with van der Waals surface area (Å²) in [6, 6.07) is 5.17. The smallest absolute Gasteiger partial charge is 0.225 e. The van der Waals surface area contributed by atoms with Gasteiger partial charge in [0, 0.05) is 18.2 Å². The van der Waals surface area contributed by atoms with Gasteiger partial charge in [-0.1, -0.05) is 10.3 Å². The van der Waals surface area contributed by atoms with E-state index in [0.29, 0.717) is 34.4 Å². The van der Waals surface area contributed by atoms with Gasteiger partial charge in [-0.3, -0.25) is 0 Å². The summed E-state index contributed by atoms with van der Waals surface area (Å²) in [5.41, 5.74) is 7.53. The van der Waals surface area contributed by atoms with Crippen molar-refractivity contribution in [3.8, 4) is 23.0 Å². The number of hydrogen-bond acceptors (Lipinski definition) is 8. The predicted molar refractivity (Wildman–Crippen MR) is 70.9 cm³/mol. The second kappa shape index (κ2) is 4.13. The molecule has 0 atom stereocenters. The fraction of sp³-hybridized carbons (Fsp3) is 0.0833. The van der Waals surface area contributed by atoms with Gasteiger partial charge >= 0.3 is 0 Å². The molecule has 0 aliphatic carbocycles. The molecule has 4 aromatic rings. The van der Waals surface area contributed by atoms with E-state index in [0.717, 1.165) is 0 Å². The van der Waals surface area contributed by atoms with Crippen molar-refractivity contribution >= 4 is 11.6 Å². The first-order valence-electron chi connectivity index (χ1n) is 6.09. The molecule has 0 aliphatic heterocycles. The van der Waals surface area contributed by atoms with E-state index >= 15 is 0 Å². The van der Waals surface area contributed by atoms with Crippen LogP contribution in [0.15, 0.2) is 33.4 Å². The molecule has 0 fully saturated rings. The molecule has 0 unspecified atom stereocenters. The van der Waals surface area contributed by atoms with Gasteiger partial charge in [0.05, 0.1) is 6.20 Å². The molecule has 104 valence electrons. The van der Waals surface area contributed by atoms with Crippen LogP contribution in [0, 0.1) is 6.92 Å². The molecule has 0 amide bonds. The highest BCUT2D eigenvalue weighted by Gasteiger charge is 2.15. The zero-order valence-electron chi connectivity index (χ0n) is 10.9. The summed E-state index contributed by atoms with van der Waals surface area (Å²) in [4.78, 5) is 8.55. The van der Waals surface area contributed by atoms with Crippen LogP contribution >= 0.6 is 0 Å². The molecule has 21 heavy (non-hydrogen) atoms. The van der Waals surface area contributed by atoms with Crippen molar-refractivity contribution in [2.45, 2.75) is 6.92 Å². The molecule has 4 heterocycles. The van der Waals surface area contributed by atoms with Crippen LogP contribution in [0.4, 0.5) is 5.95 Å². The maximum Gasteiger partial charge on any atom is 0.225 e. The summed E-state index contributed by atoms with van der Waals surface area (Å²) in [6.45, 7) is 1.79. The number of anilines is 1. The molecule has 9 heteroatoms.